The van der Waals surface area contributed by atoms with Gasteiger partial charge in [-0.1, -0.05) is 0 Å². The molecule has 1 aliphatic rings. The lowest BCUT2D eigenvalue weighted by Gasteiger charge is -2.32. The van der Waals surface area contributed by atoms with Gasteiger partial charge in [-0.05, 0) is 33.6 Å². The molecule has 0 aromatic heterocycles. The Morgan fingerprint density at radius 3 is 2.89 bits per heavy atom. The second-order valence-electron chi connectivity index (χ2n) is 3.97. The van der Waals surface area contributed by atoms with E-state index in [4.69, 9.17) is 4.74 Å². The van der Waals surface area contributed by atoms with Gasteiger partial charge in [-0.3, -0.25) is 0 Å². The summed E-state index contributed by atoms with van der Waals surface area (Å²) in [7, 11) is 1.30. The summed E-state index contributed by atoms with van der Waals surface area (Å²) in [6.45, 7) is -0.996. The number of nitrogens with one attached hydrogen (secondary N) is 1. The quantitative estimate of drug-likeness (QED) is 0.870. The summed E-state index contributed by atoms with van der Waals surface area (Å²) in [5.74, 6) is -3.43. The number of aromatic hydroxyl groups is 1. The van der Waals surface area contributed by atoms with Crippen LogP contribution in [-0.2, 0) is 4.74 Å². The summed E-state index contributed by atoms with van der Waals surface area (Å²) < 4.78 is 36.8. The smallest absolute Gasteiger partial charge is 0.408 e. The summed E-state index contributed by atoms with van der Waals surface area (Å²) in [6, 6.07) is 0.992. The first kappa shape index (κ1) is 13.9. The van der Waals surface area contributed by atoms with Crippen LogP contribution in [0.2, 0.25) is 0 Å². The lowest BCUT2D eigenvalue weighted by molar-refractivity contribution is -0.104. The summed E-state index contributed by atoms with van der Waals surface area (Å²) in [6.07, 6.45) is -0.918. The molecular formula is C11H10BrF2NO4. The van der Waals surface area contributed by atoms with Gasteiger partial charge < -0.3 is 19.9 Å². The van der Waals surface area contributed by atoms with Crippen molar-refractivity contribution in [3.8, 4) is 11.5 Å². The van der Waals surface area contributed by atoms with Gasteiger partial charge in [0.2, 0.25) is 0 Å². The molecule has 1 fully saturated rings. The molecule has 1 aromatic rings. The van der Waals surface area contributed by atoms with E-state index >= 15 is 0 Å². The van der Waals surface area contributed by atoms with Crippen molar-refractivity contribution in [1.82, 2.24) is 5.32 Å². The number of alkyl carbamates (subject to hydrolysis) is 1. The molecule has 2 N–H and O–H groups in total. The van der Waals surface area contributed by atoms with E-state index in [-0.39, 0.29) is 21.5 Å². The van der Waals surface area contributed by atoms with Crippen molar-refractivity contribution in [2.45, 2.75) is 12.0 Å². The number of carbonyl (C=O) groups excluding carboxylic acids is 1. The number of alkyl halides is 2. The maximum absolute atomic E-state index is 13.7. The Morgan fingerprint density at radius 2 is 2.26 bits per heavy atom. The summed E-state index contributed by atoms with van der Waals surface area (Å²) in [4.78, 5) is 11.1. The molecule has 19 heavy (non-hydrogen) atoms. The number of methoxy groups -OCH3 is 1. The molecular weight excluding hydrogens is 328 g/mol. The highest BCUT2D eigenvalue weighted by atomic mass is 79.9. The van der Waals surface area contributed by atoms with Crippen LogP contribution in [0.5, 0.6) is 11.5 Å². The molecule has 1 saturated heterocycles. The van der Waals surface area contributed by atoms with Gasteiger partial charge in [0.15, 0.2) is 18.1 Å². The first-order valence-corrected chi connectivity index (χ1v) is 6.02. The van der Waals surface area contributed by atoms with Crippen molar-refractivity contribution in [1.29, 1.82) is 0 Å². The van der Waals surface area contributed by atoms with Gasteiger partial charge in [-0.15, -0.1) is 0 Å². The maximum Gasteiger partial charge on any atom is 0.408 e. The van der Waals surface area contributed by atoms with E-state index in [9.17, 15) is 18.7 Å². The third-order valence-electron chi connectivity index (χ3n) is 2.68. The van der Waals surface area contributed by atoms with Crippen LogP contribution in [0.25, 0.3) is 0 Å². The van der Waals surface area contributed by atoms with Crippen molar-refractivity contribution < 1.29 is 28.2 Å². The fourth-order valence-electron chi connectivity index (χ4n) is 1.75. The highest BCUT2D eigenvalue weighted by Gasteiger charge is 2.47. The van der Waals surface area contributed by atoms with Crippen molar-refractivity contribution in [2.75, 3.05) is 13.7 Å². The van der Waals surface area contributed by atoms with Crippen molar-refractivity contribution in [3.05, 3.63) is 22.2 Å². The van der Waals surface area contributed by atoms with E-state index in [1.165, 1.54) is 19.2 Å². The Labute approximate surface area is 115 Å². The van der Waals surface area contributed by atoms with E-state index < -0.39 is 24.7 Å². The zero-order valence-corrected chi connectivity index (χ0v) is 11.3. The molecule has 0 bridgehead atoms. The Morgan fingerprint density at radius 1 is 1.58 bits per heavy atom. The molecule has 0 spiro atoms. The molecule has 0 radical (unpaired) electrons. The van der Waals surface area contributed by atoms with Crippen LogP contribution in [-0.4, -0.2) is 30.8 Å². The van der Waals surface area contributed by atoms with Crippen LogP contribution in [0.1, 0.15) is 11.6 Å². The van der Waals surface area contributed by atoms with E-state index in [1.54, 1.807) is 0 Å². The predicted octanol–water partition coefficient (Wildman–Crippen LogP) is 2.58. The summed E-state index contributed by atoms with van der Waals surface area (Å²) >= 11 is 3.04. The van der Waals surface area contributed by atoms with E-state index in [1.807, 2.05) is 0 Å². The standard InChI is InChI=1S/C11H10BrF2NO4/c1-18-7-3-5(2-6(12)8(7)16)9-11(13,14)4-19-10(17)15-9/h2-3,9,16H,4H2,1H3,(H,15,17)/t9-/m0/s1. The molecule has 0 unspecified atom stereocenters. The molecule has 5 nitrogen and oxygen atoms in total. The minimum absolute atomic E-state index is 0.0286. The minimum atomic E-state index is -3.25. The number of hydrogen-bond acceptors (Lipinski definition) is 4. The molecule has 1 amide bonds. The van der Waals surface area contributed by atoms with Crippen molar-refractivity contribution in [3.63, 3.8) is 0 Å². The van der Waals surface area contributed by atoms with Crippen molar-refractivity contribution in [2.24, 2.45) is 0 Å². The monoisotopic (exact) mass is 337 g/mol. The maximum atomic E-state index is 13.7. The van der Waals surface area contributed by atoms with E-state index in [0.717, 1.165) is 0 Å². The zero-order valence-electron chi connectivity index (χ0n) is 9.75. The van der Waals surface area contributed by atoms with Gasteiger partial charge in [0.1, 0.15) is 6.04 Å². The lowest BCUT2D eigenvalue weighted by atomic mass is 9.99. The average Bonchev–Trinajstić information content (AvgIpc) is 2.35. The zero-order chi connectivity index (χ0) is 14.2. The molecule has 8 heteroatoms. The first-order valence-electron chi connectivity index (χ1n) is 5.22. The number of halogens is 3. The normalized spacial score (nSPS) is 21.5. The molecule has 104 valence electrons. The van der Waals surface area contributed by atoms with Gasteiger partial charge in [-0.25, -0.2) is 13.6 Å². The van der Waals surface area contributed by atoms with E-state index in [0.29, 0.717) is 0 Å². The highest BCUT2D eigenvalue weighted by molar-refractivity contribution is 9.10. The number of rotatable bonds is 2. The van der Waals surface area contributed by atoms with Gasteiger partial charge >= 0.3 is 12.0 Å². The minimum Gasteiger partial charge on any atom is -0.503 e. The summed E-state index contributed by atoms with van der Waals surface area (Å²) in [5.41, 5.74) is 0.100. The Kier molecular flexibility index (Phi) is 3.53. The first-order chi connectivity index (χ1) is 8.85. The molecule has 1 aliphatic heterocycles. The summed E-state index contributed by atoms with van der Waals surface area (Å²) in [5, 5.41) is 11.7. The Balaban J connectivity index is 2.45. The predicted molar refractivity (Wildman–Crippen MR) is 64.5 cm³/mol. The van der Waals surface area contributed by atoms with E-state index in [2.05, 4.69) is 26.0 Å². The van der Waals surface area contributed by atoms with Crippen molar-refractivity contribution >= 4 is 22.0 Å². The number of benzene rings is 1. The Hall–Kier alpha value is -1.57. The fourth-order valence-corrected chi connectivity index (χ4v) is 2.21. The number of phenols is 1. The molecule has 2 rings (SSSR count). The van der Waals surface area contributed by atoms with Gasteiger partial charge in [0.05, 0.1) is 11.6 Å². The number of amides is 1. The third-order valence-corrected chi connectivity index (χ3v) is 3.29. The average molecular weight is 338 g/mol. The topological polar surface area (TPSA) is 67.8 Å². The van der Waals surface area contributed by atoms with Gasteiger partial charge in [0, 0.05) is 0 Å². The SMILES string of the molecule is COc1cc([C@@H]2NC(=O)OCC2(F)F)cc(Br)c1O. The second kappa shape index (κ2) is 4.84. The van der Waals surface area contributed by atoms with Crippen LogP contribution in [0.4, 0.5) is 13.6 Å². The molecule has 1 heterocycles. The van der Waals surface area contributed by atoms with Gasteiger partial charge in [-0.2, -0.15) is 0 Å². The molecule has 1 aromatic carbocycles. The van der Waals surface area contributed by atoms with Crippen LogP contribution < -0.4 is 10.1 Å². The third kappa shape index (κ3) is 2.58. The number of carbonyl (C=O) groups is 1. The number of ether oxygens (including phenoxy) is 2. The largest absolute Gasteiger partial charge is 0.503 e. The van der Waals surface area contributed by atoms with Gasteiger partial charge in [0.25, 0.3) is 0 Å². The van der Waals surface area contributed by atoms with Crippen LogP contribution in [0.15, 0.2) is 16.6 Å². The lowest BCUT2D eigenvalue weighted by Crippen LogP contribution is -2.49. The van der Waals surface area contributed by atoms with Crippen LogP contribution in [0.3, 0.4) is 0 Å². The molecule has 0 aliphatic carbocycles. The molecule has 1 atom stereocenters. The highest BCUT2D eigenvalue weighted by Crippen LogP contribution is 2.41. The number of hydrogen-bond donors (Lipinski definition) is 2. The Bertz CT molecular complexity index is 524. The fraction of sp³-hybridized carbons (Fsp3) is 0.364. The van der Waals surface area contributed by atoms with Crippen LogP contribution >= 0.6 is 15.9 Å². The van der Waals surface area contributed by atoms with Crippen LogP contribution in [0, 0.1) is 0 Å². The number of phenolic OH excluding ortho intramolecular Hbond substituents is 1. The molecule has 0 saturated carbocycles. The second-order valence-corrected chi connectivity index (χ2v) is 4.82. The number of cyclic esters (lactones) is 1.